The Balaban J connectivity index is 2.04. The van der Waals surface area contributed by atoms with Crippen molar-refractivity contribution in [2.75, 3.05) is 24.6 Å². The van der Waals surface area contributed by atoms with Crippen molar-refractivity contribution in [3.8, 4) is 5.75 Å². The first kappa shape index (κ1) is 20.3. The number of carbonyl (C=O) groups excluding carboxylic acids is 2. The molecular weight excluding hydrogens is 328 g/mol. The number of anilines is 1. The molecule has 0 saturated heterocycles. The number of unbranched alkanes of at least 4 members (excludes halogenated alkanes) is 1. The zero-order valence-corrected chi connectivity index (χ0v) is 16.6. The quantitative estimate of drug-likeness (QED) is 0.682. The van der Waals surface area contributed by atoms with E-state index in [-0.39, 0.29) is 23.8 Å². The van der Waals surface area contributed by atoms with Gasteiger partial charge in [0.15, 0.2) is 6.61 Å². The first-order chi connectivity index (χ1) is 12.4. The summed E-state index contributed by atoms with van der Waals surface area (Å²) in [7, 11) is 0. The maximum Gasteiger partial charge on any atom is 0.265 e. The minimum Gasteiger partial charge on any atom is -0.482 e. The molecule has 2 rings (SSSR count). The molecule has 0 aliphatic carbocycles. The van der Waals surface area contributed by atoms with Crippen LogP contribution in [-0.2, 0) is 15.0 Å². The normalized spacial score (nSPS) is 14.0. The van der Waals surface area contributed by atoms with Crippen molar-refractivity contribution in [2.45, 2.75) is 65.2 Å². The van der Waals surface area contributed by atoms with E-state index in [1.807, 2.05) is 6.07 Å². The Kier molecular flexibility index (Phi) is 7.06. The highest BCUT2D eigenvalue weighted by atomic mass is 16.5. The van der Waals surface area contributed by atoms with Gasteiger partial charge in [0, 0.05) is 19.5 Å². The number of nitrogens with one attached hydrogen (secondary N) is 1. The summed E-state index contributed by atoms with van der Waals surface area (Å²) in [6.45, 7) is 9.98. The van der Waals surface area contributed by atoms with Gasteiger partial charge in [-0.2, -0.15) is 0 Å². The summed E-state index contributed by atoms with van der Waals surface area (Å²) >= 11 is 0. The van der Waals surface area contributed by atoms with Gasteiger partial charge in [0.25, 0.3) is 5.91 Å². The minimum atomic E-state index is -0.0460. The molecule has 0 saturated carbocycles. The van der Waals surface area contributed by atoms with E-state index in [1.54, 1.807) is 4.90 Å². The van der Waals surface area contributed by atoms with Crippen LogP contribution in [0.15, 0.2) is 18.2 Å². The Bertz CT molecular complexity index is 640. The average Bonchev–Trinajstić information content (AvgIpc) is 2.63. The molecule has 1 aromatic rings. The summed E-state index contributed by atoms with van der Waals surface area (Å²) in [6.07, 6.45) is 4.15. The van der Waals surface area contributed by atoms with E-state index >= 15 is 0 Å². The van der Waals surface area contributed by atoms with E-state index < -0.39 is 0 Å². The van der Waals surface area contributed by atoms with Crippen LogP contribution in [0.2, 0.25) is 0 Å². The monoisotopic (exact) mass is 360 g/mol. The van der Waals surface area contributed by atoms with Gasteiger partial charge in [0.1, 0.15) is 5.75 Å². The number of hydrogen-bond acceptors (Lipinski definition) is 3. The lowest BCUT2D eigenvalue weighted by atomic mass is 9.82. The fraction of sp³-hybridized carbons (Fsp3) is 0.619. The van der Waals surface area contributed by atoms with Crippen LogP contribution in [0.4, 0.5) is 5.69 Å². The van der Waals surface area contributed by atoms with E-state index in [2.05, 4.69) is 45.1 Å². The number of ether oxygens (including phenoxy) is 1. The fourth-order valence-electron chi connectivity index (χ4n) is 2.96. The Hall–Kier alpha value is -2.04. The third-order valence-electron chi connectivity index (χ3n) is 5.21. The summed E-state index contributed by atoms with van der Waals surface area (Å²) in [5.41, 5.74) is 2.06. The van der Waals surface area contributed by atoms with E-state index in [1.165, 1.54) is 5.56 Å². The second kappa shape index (κ2) is 9.06. The molecule has 2 amide bonds. The number of benzene rings is 1. The number of nitrogens with zero attached hydrogens (tertiary/aromatic N) is 1. The standard InChI is InChI=1S/C21H32N2O3/c1-5-7-12-22-19(24)9-8-13-23-17-14-16(21(3,4)6-2)10-11-18(17)26-15-20(23)25/h10-11,14H,5-9,12-13,15H2,1-4H3,(H,22,24). The predicted octanol–water partition coefficient (Wildman–Crippen LogP) is 3.80. The number of carbonyl (C=O) groups is 2. The zero-order chi connectivity index (χ0) is 19.2. The Morgan fingerprint density at radius 2 is 2.04 bits per heavy atom. The first-order valence-corrected chi connectivity index (χ1v) is 9.73. The maximum atomic E-state index is 12.4. The summed E-state index contributed by atoms with van der Waals surface area (Å²) in [5, 5.41) is 2.92. The molecule has 0 radical (unpaired) electrons. The molecule has 1 aliphatic rings. The lowest BCUT2D eigenvalue weighted by Gasteiger charge is -2.32. The Labute approximate surface area is 157 Å². The molecule has 1 aromatic carbocycles. The van der Waals surface area contributed by atoms with Crippen LogP contribution in [0.3, 0.4) is 0 Å². The van der Waals surface area contributed by atoms with Crippen LogP contribution in [0.25, 0.3) is 0 Å². The second-order valence-corrected chi connectivity index (χ2v) is 7.56. The third-order valence-corrected chi connectivity index (χ3v) is 5.21. The molecule has 1 heterocycles. The minimum absolute atomic E-state index is 0.0420. The Morgan fingerprint density at radius 1 is 1.27 bits per heavy atom. The molecule has 0 bridgehead atoms. The number of amides is 2. The lowest BCUT2D eigenvalue weighted by Crippen LogP contribution is -2.40. The molecule has 0 aromatic heterocycles. The van der Waals surface area contributed by atoms with Crippen molar-refractivity contribution < 1.29 is 14.3 Å². The maximum absolute atomic E-state index is 12.4. The summed E-state index contributed by atoms with van der Waals surface area (Å²) < 4.78 is 5.59. The topological polar surface area (TPSA) is 58.6 Å². The van der Waals surface area contributed by atoms with Crippen molar-refractivity contribution in [3.63, 3.8) is 0 Å². The van der Waals surface area contributed by atoms with Crippen molar-refractivity contribution >= 4 is 17.5 Å². The van der Waals surface area contributed by atoms with Gasteiger partial charge in [0.2, 0.25) is 5.91 Å². The van der Waals surface area contributed by atoms with Crippen LogP contribution < -0.4 is 15.0 Å². The second-order valence-electron chi connectivity index (χ2n) is 7.56. The fourth-order valence-corrected chi connectivity index (χ4v) is 2.96. The van der Waals surface area contributed by atoms with Crippen LogP contribution in [-0.4, -0.2) is 31.5 Å². The first-order valence-electron chi connectivity index (χ1n) is 9.73. The largest absolute Gasteiger partial charge is 0.482 e. The van der Waals surface area contributed by atoms with Crippen LogP contribution >= 0.6 is 0 Å². The molecule has 0 unspecified atom stereocenters. The molecular formula is C21H32N2O3. The van der Waals surface area contributed by atoms with Crippen LogP contribution in [0.1, 0.15) is 65.4 Å². The number of hydrogen-bond donors (Lipinski definition) is 1. The third kappa shape index (κ3) is 4.99. The highest BCUT2D eigenvalue weighted by Crippen LogP contribution is 2.37. The highest BCUT2D eigenvalue weighted by molar-refractivity contribution is 5.98. The number of rotatable bonds is 9. The molecule has 5 nitrogen and oxygen atoms in total. The van der Waals surface area contributed by atoms with Crippen molar-refractivity contribution in [3.05, 3.63) is 23.8 Å². The zero-order valence-electron chi connectivity index (χ0n) is 16.6. The molecule has 1 N–H and O–H groups in total. The van der Waals surface area contributed by atoms with E-state index in [0.29, 0.717) is 19.4 Å². The molecule has 144 valence electrons. The summed E-state index contributed by atoms with van der Waals surface area (Å²) in [5.74, 6) is 0.753. The van der Waals surface area contributed by atoms with Gasteiger partial charge >= 0.3 is 0 Å². The van der Waals surface area contributed by atoms with Gasteiger partial charge in [-0.05, 0) is 42.4 Å². The smallest absolute Gasteiger partial charge is 0.265 e. The summed E-state index contributed by atoms with van der Waals surface area (Å²) in [4.78, 5) is 26.0. The molecule has 5 heteroatoms. The van der Waals surface area contributed by atoms with Gasteiger partial charge < -0.3 is 15.0 Å². The van der Waals surface area contributed by atoms with Crippen molar-refractivity contribution in [1.29, 1.82) is 0 Å². The van der Waals surface area contributed by atoms with Gasteiger partial charge in [-0.3, -0.25) is 9.59 Å². The Morgan fingerprint density at radius 3 is 2.73 bits per heavy atom. The number of fused-ring (bicyclic) bond motifs is 1. The van der Waals surface area contributed by atoms with E-state index in [4.69, 9.17) is 4.74 Å². The van der Waals surface area contributed by atoms with Crippen molar-refractivity contribution in [2.24, 2.45) is 0 Å². The molecule has 0 fully saturated rings. The molecule has 0 spiro atoms. The van der Waals surface area contributed by atoms with Gasteiger partial charge in [-0.1, -0.05) is 40.2 Å². The van der Waals surface area contributed by atoms with Crippen molar-refractivity contribution in [1.82, 2.24) is 5.32 Å². The van der Waals surface area contributed by atoms with Gasteiger partial charge in [-0.15, -0.1) is 0 Å². The van der Waals surface area contributed by atoms with Crippen LogP contribution in [0, 0.1) is 0 Å². The summed E-state index contributed by atoms with van der Waals surface area (Å²) in [6, 6.07) is 6.10. The molecule has 1 aliphatic heterocycles. The van der Waals surface area contributed by atoms with E-state index in [0.717, 1.165) is 37.2 Å². The SMILES string of the molecule is CCCCNC(=O)CCCN1C(=O)COc2ccc(C(C)(C)CC)cc21. The van der Waals surface area contributed by atoms with Crippen LogP contribution in [0.5, 0.6) is 5.75 Å². The average molecular weight is 360 g/mol. The van der Waals surface area contributed by atoms with Gasteiger partial charge in [-0.25, -0.2) is 0 Å². The molecule has 26 heavy (non-hydrogen) atoms. The molecule has 0 atom stereocenters. The van der Waals surface area contributed by atoms with Gasteiger partial charge in [0.05, 0.1) is 5.69 Å². The highest BCUT2D eigenvalue weighted by Gasteiger charge is 2.28. The predicted molar refractivity (Wildman–Crippen MR) is 105 cm³/mol. The van der Waals surface area contributed by atoms with E-state index in [9.17, 15) is 9.59 Å². The lowest BCUT2D eigenvalue weighted by molar-refractivity contribution is -0.122.